The monoisotopic (exact) mass is 225 g/mol. The van der Waals surface area contributed by atoms with E-state index in [1.807, 2.05) is 0 Å². The van der Waals surface area contributed by atoms with E-state index in [-0.39, 0.29) is 11.3 Å². The molecule has 0 aromatic carbocycles. The van der Waals surface area contributed by atoms with Gasteiger partial charge >= 0.3 is 0 Å². The zero-order valence-corrected chi connectivity index (χ0v) is 9.84. The lowest BCUT2D eigenvalue weighted by Gasteiger charge is -2.58. The molecule has 0 saturated heterocycles. The van der Waals surface area contributed by atoms with Crippen molar-refractivity contribution >= 4 is 5.91 Å². The molecule has 0 aromatic heterocycles. The molecule has 4 fully saturated rings. The van der Waals surface area contributed by atoms with Crippen LogP contribution in [0, 0.1) is 23.2 Å². The van der Waals surface area contributed by atoms with Gasteiger partial charge in [0.15, 0.2) is 0 Å². The summed E-state index contributed by atoms with van der Waals surface area (Å²) in [5, 5.41) is 2.85. The number of nitrogens with one attached hydrogen (secondary N) is 1. The zero-order valence-electron chi connectivity index (χ0n) is 9.84. The van der Waals surface area contributed by atoms with Crippen LogP contribution in [0.25, 0.3) is 0 Å². The van der Waals surface area contributed by atoms with Crippen LogP contribution in [0.2, 0.25) is 0 Å². The second kappa shape index (κ2) is 3.44. The Labute approximate surface area is 96.0 Å². The number of amides is 1. The number of halogens is 1. The molecular formula is C13H20FNO. The van der Waals surface area contributed by atoms with E-state index in [0.717, 1.165) is 37.5 Å². The van der Waals surface area contributed by atoms with E-state index in [1.54, 1.807) is 0 Å². The summed E-state index contributed by atoms with van der Waals surface area (Å²) in [7, 11) is 0. The minimum absolute atomic E-state index is 0.0251. The second-order valence-corrected chi connectivity index (χ2v) is 6.28. The highest BCUT2D eigenvalue weighted by atomic mass is 19.1. The molecule has 3 atom stereocenters. The summed E-state index contributed by atoms with van der Waals surface area (Å²) in [6, 6.07) is 0. The Bertz CT molecular complexity index is 303. The standard InChI is InChI=1S/C13H20FNO/c1-8(16)15-7-13-5-9-2-10(6-13)4-11(3-9)12(13)14/h9-12H,2-7H2,1H3,(H,15,16). The first-order chi connectivity index (χ1) is 7.59. The van der Waals surface area contributed by atoms with E-state index < -0.39 is 6.17 Å². The van der Waals surface area contributed by atoms with Crippen molar-refractivity contribution in [3.63, 3.8) is 0 Å². The van der Waals surface area contributed by atoms with Crippen molar-refractivity contribution in [3.8, 4) is 0 Å². The molecule has 0 aromatic rings. The van der Waals surface area contributed by atoms with Gasteiger partial charge in [-0.2, -0.15) is 0 Å². The van der Waals surface area contributed by atoms with Crippen LogP contribution in [0.5, 0.6) is 0 Å². The maximum Gasteiger partial charge on any atom is 0.216 e. The largest absolute Gasteiger partial charge is 0.356 e. The number of hydrogen-bond acceptors (Lipinski definition) is 1. The fraction of sp³-hybridized carbons (Fsp3) is 0.923. The SMILES string of the molecule is CC(=O)NCC12CC3CC(CC(C3)C1F)C2. The van der Waals surface area contributed by atoms with Gasteiger partial charge in [0.2, 0.25) is 5.91 Å². The Kier molecular flexibility index (Phi) is 2.27. The molecule has 0 heterocycles. The first kappa shape index (κ1) is 10.5. The van der Waals surface area contributed by atoms with Crippen LogP contribution in [-0.2, 0) is 4.79 Å². The van der Waals surface area contributed by atoms with Gasteiger partial charge in [0, 0.05) is 18.9 Å². The topological polar surface area (TPSA) is 29.1 Å². The Morgan fingerprint density at radius 2 is 1.94 bits per heavy atom. The maximum absolute atomic E-state index is 14.4. The van der Waals surface area contributed by atoms with Crippen LogP contribution in [0.3, 0.4) is 0 Å². The van der Waals surface area contributed by atoms with Gasteiger partial charge in [-0.25, -0.2) is 4.39 Å². The highest BCUT2D eigenvalue weighted by Gasteiger charge is 2.57. The van der Waals surface area contributed by atoms with E-state index in [2.05, 4.69) is 5.32 Å². The molecule has 4 aliphatic rings. The van der Waals surface area contributed by atoms with Crippen LogP contribution in [0.4, 0.5) is 4.39 Å². The van der Waals surface area contributed by atoms with Gasteiger partial charge in [-0.3, -0.25) is 4.79 Å². The summed E-state index contributed by atoms with van der Waals surface area (Å²) in [5.41, 5.74) is -0.208. The predicted molar refractivity (Wildman–Crippen MR) is 59.6 cm³/mol. The molecule has 0 aliphatic heterocycles. The number of alkyl halides is 1. The molecule has 4 bridgehead atoms. The van der Waals surface area contributed by atoms with Gasteiger partial charge in [0.25, 0.3) is 0 Å². The van der Waals surface area contributed by atoms with Crippen molar-refractivity contribution in [3.05, 3.63) is 0 Å². The average molecular weight is 225 g/mol. The van der Waals surface area contributed by atoms with Gasteiger partial charge in [0.05, 0.1) is 0 Å². The van der Waals surface area contributed by atoms with Gasteiger partial charge < -0.3 is 5.32 Å². The molecule has 4 aliphatic carbocycles. The highest BCUT2D eigenvalue weighted by molar-refractivity contribution is 5.72. The van der Waals surface area contributed by atoms with Crippen LogP contribution in [0.1, 0.15) is 39.0 Å². The molecule has 1 amide bonds. The quantitative estimate of drug-likeness (QED) is 0.767. The summed E-state index contributed by atoms with van der Waals surface area (Å²) in [4.78, 5) is 11.0. The van der Waals surface area contributed by atoms with Gasteiger partial charge in [-0.1, -0.05) is 0 Å². The smallest absolute Gasteiger partial charge is 0.216 e. The van der Waals surface area contributed by atoms with Crippen molar-refractivity contribution in [2.45, 2.75) is 45.2 Å². The molecule has 4 rings (SSSR count). The number of hydrogen-bond donors (Lipinski definition) is 1. The molecule has 16 heavy (non-hydrogen) atoms. The van der Waals surface area contributed by atoms with Crippen molar-refractivity contribution in [2.24, 2.45) is 23.2 Å². The fourth-order valence-corrected chi connectivity index (χ4v) is 4.69. The lowest BCUT2D eigenvalue weighted by Crippen LogP contribution is -2.58. The molecule has 4 saturated carbocycles. The third-order valence-corrected chi connectivity index (χ3v) is 5.02. The molecule has 0 spiro atoms. The van der Waals surface area contributed by atoms with Gasteiger partial charge in [-0.15, -0.1) is 0 Å². The molecule has 1 N–H and O–H groups in total. The summed E-state index contributed by atoms with van der Waals surface area (Å²) in [6.45, 7) is 2.08. The zero-order chi connectivity index (χ0) is 11.3. The second-order valence-electron chi connectivity index (χ2n) is 6.28. The summed E-state index contributed by atoms with van der Waals surface area (Å²) < 4.78 is 14.4. The van der Waals surface area contributed by atoms with Crippen LogP contribution in [-0.4, -0.2) is 18.6 Å². The average Bonchev–Trinajstić information content (AvgIpc) is 2.22. The Morgan fingerprint density at radius 3 is 2.50 bits per heavy atom. The van der Waals surface area contributed by atoms with E-state index >= 15 is 0 Å². The van der Waals surface area contributed by atoms with Crippen LogP contribution < -0.4 is 5.32 Å². The predicted octanol–water partition coefficient (Wildman–Crippen LogP) is 2.29. The fourth-order valence-electron chi connectivity index (χ4n) is 4.69. The third kappa shape index (κ3) is 1.47. The van der Waals surface area contributed by atoms with Crippen LogP contribution in [0.15, 0.2) is 0 Å². The minimum atomic E-state index is -0.674. The van der Waals surface area contributed by atoms with Crippen molar-refractivity contribution in [1.82, 2.24) is 5.32 Å². The number of carbonyl (C=O) groups excluding carboxylic acids is 1. The van der Waals surface area contributed by atoms with E-state index in [4.69, 9.17) is 0 Å². The third-order valence-electron chi connectivity index (χ3n) is 5.02. The van der Waals surface area contributed by atoms with Crippen molar-refractivity contribution in [2.75, 3.05) is 6.54 Å². The molecule has 90 valence electrons. The van der Waals surface area contributed by atoms with Crippen molar-refractivity contribution in [1.29, 1.82) is 0 Å². The lowest BCUT2D eigenvalue weighted by molar-refractivity contribution is -0.130. The van der Waals surface area contributed by atoms with Gasteiger partial charge in [-0.05, 0) is 49.9 Å². The highest BCUT2D eigenvalue weighted by Crippen LogP contribution is 2.60. The summed E-state index contributed by atoms with van der Waals surface area (Å²) >= 11 is 0. The Hall–Kier alpha value is -0.600. The summed E-state index contributed by atoms with van der Waals surface area (Å²) in [5.74, 6) is 1.74. The first-order valence-electron chi connectivity index (χ1n) is 6.47. The van der Waals surface area contributed by atoms with Gasteiger partial charge in [0.1, 0.15) is 6.17 Å². The van der Waals surface area contributed by atoms with E-state index in [0.29, 0.717) is 12.5 Å². The van der Waals surface area contributed by atoms with Crippen molar-refractivity contribution < 1.29 is 9.18 Å². The van der Waals surface area contributed by atoms with E-state index in [1.165, 1.54) is 13.3 Å². The van der Waals surface area contributed by atoms with E-state index in [9.17, 15) is 9.18 Å². The Balaban J connectivity index is 1.79. The normalized spacial score (nSPS) is 49.4. The minimum Gasteiger partial charge on any atom is -0.356 e. The summed E-state index contributed by atoms with van der Waals surface area (Å²) in [6.07, 6.45) is 4.83. The molecule has 3 heteroatoms. The molecular weight excluding hydrogens is 205 g/mol. The molecule has 3 unspecified atom stereocenters. The number of rotatable bonds is 2. The van der Waals surface area contributed by atoms with Crippen LogP contribution >= 0.6 is 0 Å². The maximum atomic E-state index is 14.4. The molecule has 2 nitrogen and oxygen atoms in total. The first-order valence-corrected chi connectivity index (χ1v) is 6.47. The lowest BCUT2D eigenvalue weighted by atomic mass is 9.48. The number of carbonyl (C=O) groups is 1. The Morgan fingerprint density at radius 1 is 1.31 bits per heavy atom. The molecule has 0 radical (unpaired) electrons.